The first kappa shape index (κ1) is 13.4. The second-order valence-electron chi connectivity index (χ2n) is 3.87. The molecule has 0 radical (unpaired) electrons. The standard InChI is InChI=1S/C12H12BrClN2O2/c1-3-16-9(11(13)7(2)15-16)6-10(17)8-4-5-18-12(8)14/h4-5H,3,6H2,1-2H3. The van der Waals surface area contributed by atoms with E-state index in [-0.39, 0.29) is 17.4 Å². The van der Waals surface area contributed by atoms with E-state index in [0.29, 0.717) is 12.1 Å². The fourth-order valence-electron chi connectivity index (χ4n) is 1.78. The lowest BCUT2D eigenvalue weighted by atomic mass is 10.1. The SMILES string of the molecule is CCn1nc(C)c(Br)c1CC(=O)c1ccoc1Cl. The van der Waals surface area contributed by atoms with Crippen molar-refractivity contribution in [2.45, 2.75) is 26.8 Å². The van der Waals surface area contributed by atoms with Crippen LogP contribution in [0.2, 0.25) is 5.22 Å². The van der Waals surface area contributed by atoms with Crippen LogP contribution in [0.3, 0.4) is 0 Å². The summed E-state index contributed by atoms with van der Waals surface area (Å²) in [7, 11) is 0. The van der Waals surface area contributed by atoms with Crippen molar-refractivity contribution in [3.63, 3.8) is 0 Å². The molecular weight excluding hydrogens is 320 g/mol. The number of hydrogen-bond acceptors (Lipinski definition) is 3. The monoisotopic (exact) mass is 330 g/mol. The van der Waals surface area contributed by atoms with E-state index in [1.54, 1.807) is 6.07 Å². The van der Waals surface area contributed by atoms with Crippen molar-refractivity contribution in [3.8, 4) is 0 Å². The summed E-state index contributed by atoms with van der Waals surface area (Å²) in [6.45, 7) is 4.60. The van der Waals surface area contributed by atoms with Crippen LogP contribution in [-0.2, 0) is 13.0 Å². The van der Waals surface area contributed by atoms with Gasteiger partial charge in [-0.25, -0.2) is 0 Å². The highest BCUT2D eigenvalue weighted by Gasteiger charge is 2.19. The summed E-state index contributed by atoms with van der Waals surface area (Å²) in [5.74, 6) is -0.0796. The highest BCUT2D eigenvalue weighted by atomic mass is 79.9. The number of ketones is 1. The molecule has 0 atom stereocenters. The fraction of sp³-hybridized carbons (Fsp3) is 0.333. The topological polar surface area (TPSA) is 48.0 Å². The van der Waals surface area contributed by atoms with Gasteiger partial charge < -0.3 is 4.42 Å². The predicted molar refractivity (Wildman–Crippen MR) is 72.1 cm³/mol. The second-order valence-corrected chi connectivity index (χ2v) is 5.01. The molecule has 18 heavy (non-hydrogen) atoms. The Bertz CT molecular complexity index is 589. The Morgan fingerprint density at radius 1 is 1.61 bits per heavy atom. The molecule has 2 heterocycles. The highest BCUT2D eigenvalue weighted by molar-refractivity contribution is 9.10. The molecule has 6 heteroatoms. The second kappa shape index (κ2) is 5.28. The Hall–Kier alpha value is -1.07. The molecule has 0 aromatic carbocycles. The quantitative estimate of drug-likeness (QED) is 0.804. The first-order valence-electron chi connectivity index (χ1n) is 5.52. The summed E-state index contributed by atoms with van der Waals surface area (Å²) in [5, 5.41) is 4.48. The van der Waals surface area contributed by atoms with Gasteiger partial charge in [0.25, 0.3) is 0 Å². The van der Waals surface area contributed by atoms with Gasteiger partial charge in [0.1, 0.15) is 0 Å². The molecule has 0 unspecified atom stereocenters. The van der Waals surface area contributed by atoms with Crippen molar-refractivity contribution < 1.29 is 9.21 Å². The summed E-state index contributed by atoms with van der Waals surface area (Å²) in [6.07, 6.45) is 1.65. The number of hydrogen-bond donors (Lipinski definition) is 0. The van der Waals surface area contributed by atoms with Gasteiger partial charge in [-0.05, 0) is 47.4 Å². The number of aryl methyl sites for hydroxylation is 2. The van der Waals surface area contributed by atoms with Crippen LogP contribution >= 0.6 is 27.5 Å². The minimum Gasteiger partial charge on any atom is -0.452 e. The maximum absolute atomic E-state index is 12.1. The molecule has 0 aliphatic heterocycles. The molecule has 0 amide bonds. The van der Waals surface area contributed by atoms with Crippen LogP contribution in [0, 0.1) is 6.92 Å². The third kappa shape index (κ3) is 2.37. The highest BCUT2D eigenvalue weighted by Crippen LogP contribution is 2.24. The van der Waals surface area contributed by atoms with Crippen molar-refractivity contribution in [3.05, 3.63) is 39.0 Å². The minimum atomic E-state index is -0.0796. The summed E-state index contributed by atoms with van der Waals surface area (Å²) in [6, 6.07) is 1.58. The zero-order chi connectivity index (χ0) is 13.3. The Kier molecular flexibility index (Phi) is 3.92. The largest absolute Gasteiger partial charge is 0.452 e. The van der Waals surface area contributed by atoms with Gasteiger partial charge in [0.15, 0.2) is 5.78 Å². The van der Waals surface area contributed by atoms with Crippen LogP contribution in [-0.4, -0.2) is 15.6 Å². The number of furan rings is 1. The van der Waals surface area contributed by atoms with Gasteiger partial charge in [-0.1, -0.05) is 0 Å². The number of halogens is 2. The van der Waals surface area contributed by atoms with E-state index in [0.717, 1.165) is 15.9 Å². The third-order valence-corrected chi connectivity index (χ3v) is 4.02. The molecule has 2 aromatic heterocycles. The number of carbonyl (C=O) groups is 1. The summed E-state index contributed by atoms with van der Waals surface area (Å²) < 4.78 is 7.61. The molecule has 0 saturated heterocycles. The van der Waals surface area contributed by atoms with Gasteiger partial charge in [-0.15, -0.1) is 0 Å². The first-order valence-corrected chi connectivity index (χ1v) is 6.69. The third-order valence-electron chi connectivity index (χ3n) is 2.70. The van der Waals surface area contributed by atoms with E-state index in [9.17, 15) is 4.79 Å². The van der Waals surface area contributed by atoms with E-state index in [1.807, 2.05) is 18.5 Å². The lowest BCUT2D eigenvalue weighted by Gasteiger charge is -2.04. The number of carbonyl (C=O) groups excluding carboxylic acids is 1. The van der Waals surface area contributed by atoms with E-state index in [1.165, 1.54) is 6.26 Å². The Labute approximate surface area is 118 Å². The molecule has 2 aromatic rings. The molecule has 0 N–H and O–H groups in total. The summed E-state index contributed by atoms with van der Waals surface area (Å²) in [4.78, 5) is 12.1. The summed E-state index contributed by atoms with van der Waals surface area (Å²) >= 11 is 9.26. The average Bonchev–Trinajstić information content (AvgIpc) is 2.87. The predicted octanol–water partition coefficient (Wildman–Crippen LogP) is 3.65. The molecular formula is C12H12BrClN2O2. The van der Waals surface area contributed by atoms with Gasteiger partial charge in [0.05, 0.1) is 34.1 Å². The van der Waals surface area contributed by atoms with Crippen LogP contribution in [0.1, 0.15) is 28.7 Å². The van der Waals surface area contributed by atoms with E-state index >= 15 is 0 Å². The molecule has 0 aliphatic carbocycles. The zero-order valence-corrected chi connectivity index (χ0v) is 12.4. The lowest BCUT2D eigenvalue weighted by Crippen LogP contribution is -2.10. The minimum absolute atomic E-state index is 0.0796. The molecule has 2 rings (SSSR count). The number of nitrogens with zero attached hydrogens (tertiary/aromatic N) is 2. The Balaban J connectivity index is 2.30. The van der Waals surface area contributed by atoms with Gasteiger partial charge in [0, 0.05) is 6.54 Å². The van der Waals surface area contributed by atoms with Crippen molar-refractivity contribution in [2.24, 2.45) is 0 Å². The van der Waals surface area contributed by atoms with Crippen LogP contribution in [0.15, 0.2) is 21.2 Å². The van der Waals surface area contributed by atoms with Crippen molar-refractivity contribution in [1.29, 1.82) is 0 Å². The summed E-state index contributed by atoms with van der Waals surface area (Å²) in [5.41, 5.74) is 2.14. The Morgan fingerprint density at radius 2 is 2.33 bits per heavy atom. The number of rotatable bonds is 4. The van der Waals surface area contributed by atoms with Crippen LogP contribution < -0.4 is 0 Å². The lowest BCUT2D eigenvalue weighted by molar-refractivity contribution is 0.0990. The smallest absolute Gasteiger partial charge is 0.203 e. The van der Waals surface area contributed by atoms with Crippen LogP contribution in [0.5, 0.6) is 0 Å². The zero-order valence-electron chi connectivity index (χ0n) is 10.0. The first-order chi connectivity index (χ1) is 8.54. The molecule has 0 aliphatic rings. The fourth-order valence-corrected chi connectivity index (χ4v) is 2.42. The maximum atomic E-state index is 12.1. The van der Waals surface area contributed by atoms with Crippen molar-refractivity contribution in [2.75, 3.05) is 0 Å². The van der Waals surface area contributed by atoms with Gasteiger partial charge >= 0.3 is 0 Å². The van der Waals surface area contributed by atoms with E-state index in [2.05, 4.69) is 21.0 Å². The Morgan fingerprint density at radius 3 is 2.89 bits per heavy atom. The normalized spacial score (nSPS) is 10.9. The van der Waals surface area contributed by atoms with Gasteiger partial charge in [-0.3, -0.25) is 9.48 Å². The molecule has 0 spiro atoms. The molecule has 4 nitrogen and oxygen atoms in total. The molecule has 0 saturated carbocycles. The van der Waals surface area contributed by atoms with Crippen LogP contribution in [0.4, 0.5) is 0 Å². The van der Waals surface area contributed by atoms with E-state index < -0.39 is 0 Å². The van der Waals surface area contributed by atoms with Crippen molar-refractivity contribution >= 4 is 33.3 Å². The molecule has 0 bridgehead atoms. The maximum Gasteiger partial charge on any atom is 0.203 e. The van der Waals surface area contributed by atoms with Gasteiger partial charge in [0.2, 0.25) is 5.22 Å². The average molecular weight is 332 g/mol. The van der Waals surface area contributed by atoms with Crippen LogP contribution in [0.25, 0.3) is 0 Å². The van der Waals surface area contributed by atoms with Crippen molar-refractivity contribution in [1.82, 2.24) is 9.78 Å². The number of Topliss-reactive ketones (excluding diaryl/α,β-unsaturated/α-hetero) is 1. The molecule has 0 fully saturated rings. The number of aromatic nitrogens is 2. The van der Waals surface area contributed by atoms with Gasteiger partial charge in [-0.2, -0.15) is 5.10 Å². The van der Waals surface area contributed by atoms with E-state index in [4.69, 9.17) is 16.0 Å². The molecule has 96 valence electrons.